The van der Waals surface area contributed by atoms with Crippen molar-refractivity contribution in [3.8, 4) is 11.9 Å². The van der Waals surface area contributed by atoms with Crippen molar-refractivity contribution in [2.75, 3.05) is 18.5 Å². The van der Waals surface area contributed by atoms with Gasteiger partial charge in [0.05, 0.1) is 19.3 Å². The molecular formula is C17H19F5N6O3. The predicted octanol–water partition coefficient (Wildman–Crippen LogP) is 3.06. The summed E-state index contributed by atoms with van der Waals surface area (Å²) in [5.41, 5.74) is -1.05. The number of alkyl halides is 5. The molecule has 0 bridgehead atoms. The summed E-state index contributed by atoms with van der Waals surface area (Å²) in [6.07, 6.45) is -0.380. The Morgan fingerprint density at radius 1 is 1.19 bits per heavy atom. The summed E-state index contributed by atoms with van der Waals surface area (Å²) in [6.45, 7) is -2.62. The lowest BCUT2D eigenvalue weighted by Crippen LogP contribution is -2.39. The van der Waals surface area contributed by atoms with Gasteiger partial charge >= 0.3 is 18.8 Å². The fourth-order valence-electron chi connectivity index (χ4n) is 3.45. The van der Waals surface area contributed by atoms with Crippen molar-refractivity contribution in [2.45, 2.75) is 56.7 Å². The predicted molar refractivity (Wildman–Crippen MR) is 93.8 cm³/mol. The first-order valence-electron chi connectivity index (χ1n) is 9.59. The van der Waals surface area contributed by atoms with E-state index >= 15 is 0 Å². The molecule has 3 heterocycles. The quantitative estimate of drug-likeness (QED) is 0.643. The Labute approximate surface area is 172 Å². The molecule has 4 rings (SSSR count). The van der Waals surface area contributed by atoms with E-state index in [1.807, 2.05) is 0 Å². The minimum atomic E-state index is -4.65. The first-order chi connectivity index (χ1) is 14.8. The number of nitrogens with one attached hydrogen (secondary N) is 1. The Morgan fingerprint density at radius 2 is 2.00 bits per heavy atom. The molecule has 170 valence electrons. The summed E-state index contributed by atoms with van der Waals surface area (Å²) in [5, 5.41) is 6.94. The zero-order chi connectivity index (χ0) is 22.0. The molecule has 0 amide bonds. The Bertz CT molecular complexity index is 891. The summed E-state index contributed by atoms with van der Waals surface area (Å²) < 4.78 is 80.2. The van der Waals surface area contributed by atoms with Crippen LogP contribution in [0, 0.1) is 0 Å². The Balaban J connectivity index is 1.44. The van der Waals surface area contributed by atoms with Crippen LogP contribution in [0.2, 0.25) is 0 Å². The molecule has 2 aromatic heterocycles. The molecule has 2 fully saturated rings. The molecule has 14 heteroatoms. The molecule has 0 spiro atoms. The number of nitrogens with zero attached hydrogens (tertiary/aromatic N) is 5. The highest BCUT2D eigenvalue weighted by Gasteiger charge is 2.38. The van der Waals surface area contributed by atoms with E-state index in [1.54, 1.807) is 0 Å². The highest BCUT2D eigenvalue weighted by molar-refractivity contribution is 5.36. The average molecular weight is 450 g/mol. The number of aromatic nitrogens is 5. The number of halogens is 5. The molecule has 0 unspecified atom stereocenters. The van der Waals surface area contributed by atoms with E-state index in [0.29, 0.717) is 12.6 Å². The fourth-order valence-corrected chi connectivity index (χ4v) is 3.45. The number of hydrogen-bond acceptors (Lipinski definition) is 8. The number of rotatable bonds is 7. The maximum absolute atomic E-state index is 13.2. The van der Waals surface area contributed by atoms with Crippen LogP contribution in [0.5, 0.6) is 11.9 Å². The fraction of sp³-hybridized carbons (Fsp3) is 0.647. The van der Waals surface area contributed by atoms with Crippen LogP contribution < -0.4 is 14.8 Å². The van der Waals surface area contributed by atoms with Crippen molar-refractivity contribution in [1.82, 2.24) is 24.7 Å². The summed E-state index contributed by atoms with van der Waals surface area (Å²) in [6, 6.07) is -0.733. The summed E-state index contributed by atoms with van der Waals surface area (Å²) >= 11 is 0. The molecule has 1 saturated heterocycles. The molecule has 1 saturated carbocycles. The van der Waals surface area contributed by atoms with Crippen LogP contribution in [-0.2, 0) is 10.9 Å². The van der Waals surface area contributed by atoms with Crippen LogP contribution in [0.4, 0.5) is 27.9 Å². The maximum Gasteiger partial charge on any atom is 0.423 e. The molecule has 9 nitrogen and oxygen atoms in total. The minimum absolute atomic E-state index is 0.00852. The smallest absolute Gasteiger partial charge is 0.423 e. The highest BCUT2D eigenvalue weighted by Crippen LogP contribution is 2.36. The van der Waals surface area contributed by atoms with Crippen molar-refractivity contribution in [3.63, 3.8) is 0 Å². The van der Waals surface area contributed by atoms with Crippen LogP contribution in [0.15, 0.2) is 12.5 Å². The van der Waals surface area contributed by atoms with Gasteiger partial charge in [0.2, 0.25) is 11.8 Å². The van der Waals surface area contributed by atoms with E-state index in [9.17, 15) is 22.0 Å². The van der Waals surface area contributed by atoms with Crippen LogP contribution in [-0.4, -0.2) is 56.7 Å². The van der Waals surface area contributed by atoms with Gasteiger partial charge in [0.1, 0.15) is 18.0 Å². The van der Waals surface area contributed by atoms with E-state index < -0.39 is 36.3 Å². The van der Waals surface area contributed by atoms with E-state index in [2.05, 4.69) is 30.1 Å². The lowest BCUT2D eigenvalue weighted by atomic mass is 9.91. The van der Waals surface area contributed by atoms with E-state index in [4.69, 9.17) is 9.47 Å². The number of anilines is 1. The van der Waals surface area contributed by atoms with Crippen molar-refractivity contribution in [2.24, 2.45) is 0 Å². The summed E-state index contributed by atoms with van der Waals surface area (Å²) in [5.74, 6) is -0.537. The zero-order valence-electron chi connectivity index (χ0n) is 16.1. The third kappa shape index (κ3) is 5.29. The van der Waals surface area contributed by atoms with E-state index in [0.717, 1.165) is 19.3 Å². The van der Waals surface area contributed by atoms with Crippen molar-refractivity contribution in [1.29, 1.82) is 0 Å². The van der Waals surface area contributed by atoms with Gasteiger partial charge in [0.15, 0.2) is 0 Å². The number of hydrogen-bond donors (Lipinski definition) is 1. The maximum atomic E-state index is 13.2. The largest absolute Gasteiger partial charge is 0.469 e. The molecule has 2 aliphatic rings. The SMILES string of the molecule is FC(F)Oc1ncn([C@H]2CCC[C@@H](Nc3ncc(C(F)(F)F)c(OC4COC4)n3)C2)n1. The number of ether oxygens (including phenoxy) is 3. The van der Waals surface area contributed by atoms with Gasteiger partial charge < -0.3 is 19.5 Å². The third-order valence-electron chi connectivity index (χ3n) is 4.98. The van der Waals surface area contributed by atoms with Gasteiger partial charge in [0.25, 0.3) is 0 Å². The molecule has 1 N–H and O–H groups in total. The normalized spacial score (nSPS) is 22.3. The topological polar surface area (TPSA) is 96.2 Å². The third-order valence-corrected chi connectivity index (χ3v) is 4.98. The van der Waals surface area contributed by atoms with Crippen LogP contribution >= 0.6 is 0 Å². The standard InChI is InChI=1S/C17H19F5N6O3/c18-14(19)31-16-24-8-28(27-16)10-3-1-2-9(4-10)25-15-23-5-12(17(20,21)22)13(26-15)30-11-6-29-7-11/h5,8-11,14H,1-4,6-7H2,(H,23,25,26)/t9-,10+/m1/s1. The van der Waals surface area contributed by atoms with Gasteiger partial charge in [-0.25, -0.2) is 9.67 Å². The second-order valence-corrected chi connectivity index (χ2v) is 7.23. The molecule has 31 heavy (non-hydrogen) atoms. The van der Waals surface area contributed by atoms with Crippen LogP contribution in [0.3, 0.4) is 0 Å². The zero-order valence-corrected chi connectivity index (χ0v) is 16.1. The lowest BCUT2D eigenvalue weighted by molar-refractivity contribution is -0.142. The average Bonchev–Trinajstić information content (AvgIpc) is 3.12. The highest BCUT2D eigenvalue weighted by atomic mass is 19.4. The van der Waals surface area contributed by atoms with E-state index in [1.165, 1.54) is 11.0 Å². The van der Waals surface area contributed by atoms with Crippen molar-refractivity contribution >= 4 is 5.95 Å². The second-order valence-electron chi connectivity index (χ2n) is 7.23. The van der Waals surface area contributed by atoms with Crippen LogP contribution in [0.25, 0.3) is 0 Å². The van der Waals surface area contributed by atoms with Crippen molar-refractivity contribution < 1.29 is 36.2 Å². The first-order valence-corrected chi connectivity index (χ1v) is 9.59. The van der Waals surface area contributed by atoms with Crippen molar-refractivity contribution in [3.05, 3.63) is 18.1 Å². The van der Waals surface area contributed by atoms with Gasteiger partial charge in [-0.15, -0.1) is 5.10 Å². The van der Waals surface area contributed by atoms with Gasteiger partial charge in [-0.1, -0.05) is 0 Å². The molecule has 0 radical (unpaired) electrons. The monoisotopic (exact) mass is 450 g/mol. The van der Waals surface area contributed by atoms with Gasteiger partial charge in [-0.3, -0.25) is 0 Å². The van der Waals surface area contributed by atoms with Gasteiger partial charge in [0, 0.05) is 12.2 Å². The lowest BCUT2D eigenvalue weighted by Gasteiger charge is -2.30. The molecule has 0 aromatic carbocycles. The summed E-state index contributed by atoms with van der Waals surface area (Å²) in [7, 11) is 0. The van der Waals surface area contributed by atoms with E-state index in [-0.39, 0.29) is 31.2 Å². The molecule has 1 aliphatic heterocycles. The van der Waals surface area contributed by atoms with Gasteiger partial charge in [-0.05, 0) is 25.7 Å². The minimum Gasteiger partial charge on any atom is -0.469 e. The molecule has 2 atom stereocenters. The molecule has 2 aromatic rings. The van der Waals surface area contributed by atoms with Crippen LogP contribution in [0.1, 0.15) is 37.3 Å². The Hall–Kier alpha value is -2.77. The first kappa shape index (κ1) is 21.5. The molecule has 1 aliphatic carbocycles. The summed E-state index contributed by atoms with van der Waals surface area (Å²) in [4.78, 5) is 11.4. The Kier molecular flexibility index (Phi) is 6.07. The second kappa shape index (κ2) is 8.77. The van der Waals surface area contributed by atoms with Gasteiger partial charge in [-0.2, -0.15) is 31.9 Å². The molecular weight excluding hydrogens is 431 g/mol. The Morgan fingerprint density at radius 3 is 2.68 bits per heavy atom.